The normalized spacial score (nSPS) is 10.6. The van der Waals surface area contributed by atoms with Crippen LogP contribution in [0.15, 0.2) is 34.8 Å². The van der Waals surface area contributed by atoms with Crippen molar-refractivity contribution in [3.63, 3.8) is 0 Å². The van der Waals surface area contributed by atoms with Crippen LogP contribution in [0, 0.1) is 0 Å². The SMILES string of the molecule is Clc1cc(-c2ccc(Cl)c(Cl)c2Cl)ccc1Br. The van der Waals surface area contributed by atoms with Crippen molar-refractivity contribution < 1.29 is 0 Å². The molecule has 2 aromatic carbocycles. The van der Waals surface area contributed by atoms with Crippen molar-refractivity contribution in [2.75, 3.05) is 0 Å². The summed E-state index contributed by atoms with van der Waals surface area (Å²) in [5.74, 6) is 0. The van der Waals surface area contributed by atoms with Gasteiger partial charge in [0.15, 0.2) is 0 Å². The van der Waals surface area contributed by atoms with Gasteiger partial charge in [-0.2, -0.15) is 0 Å². The summed E-state index contributed by atoms with van der Waals surface area (Å²) in [6, 6.07) is 9.10. The average molecular weight is 371 g/mol. The minimum Gasteiger partial charge on any atom is -0.0831 e. The molecule has 0 radical (unpaired) electrons. The molecular formula is C12H5BrCl4. The molecule has 5 heteroatoms. The van der Waals surface area contributed by atoms with Gasteiger partial charge in [0.2, 0.25) is 0 Å². The van der Waals surface area contributed by atoms with E-state index in [2.05, 4.69) is 15.9 Å². The summed E-state index contributed by atoms with van der Waals surface area (Å²) >= 11 is 27.4. The molecule has 0 bridgehead atoms. The van der Waals surface area contributed by atoms with Crippen molar-refractivity contribution in [1.82, 2.24) is 0 Å². The third-order valence-electron chi connectivity index (χ3n) is 2.27. The number of hydrogen-bond donors (Lipinski definition) is 0. The van der Waals surface area contributed by atoms with E-state index in [1.807, 2.05) is 24.3 Å². The van der Waals surface area contributed by atoms with Crippen LogP contribution in [0.25, 0.3) is 11.1 Å². The molecule has 0 amide bonds. The van der Waals surface area contributed by atoms with Crippen LogP contribution in [0.2, 0.25) is 20.1 Å². The molecule has 0 heterocycles. The maximum atomic E-state index is 6.15. The first kappa shape index (κ1) is 13.5. The van der Waals surface area contributed by atoms with E-state index >= 15 is 0 Å². The van der Waals surface area contributed by atoms with Crippen LogP contribution >= 0.6 is 62.3 Å². The Morgan fingerprint density at radius 3 is 2.12 bits per heavy atom. The number of hydrogen-bond acceptors (Lipinski definition) is 0. The lowest BCUT2D eigenvalue weighted by molar-refractivity contribution is 1.59. The molecule has 0 saturated carbocycles. The molecule has 2 rings (SSSR count). The van der Waals surface area contributed by atoms with Crippen molar-refractivity contribution in [3.05, 3.63) is 54.9 Å². The fourth-order valence-corrected chi connectivity index (χ4v) is 2.48. The molecular weight excluding hydrogens is 366 g/mol. The van der Waals surface area contributed by atoms with Crippen LogP contribution < -0.4 is 0 Å². The Hall–Kier alpha value is 0.0800. The zero-order valence-corrected chi connectivity index (χ0v) is 12.9. The molecule has 17 heavy (non-hydrogen) atoms. The summed E-state index contributed by atoms with van der Waals surface area (Å²) in [7, 11) is 0. The fraction of sp³-hybridized carbons (Fsp3) is 0. The lowest BCUT2D eigenvalue weighted by Crippen LogP contribution is -1.82. The minimum absolute atomic E-state index is 0.352. The van der Waals surface area contributed by atoms with E-state index in [1.54, 1.807) is 6.07 Å². The Kier molecular flexibility index (Phi) is 4.27. The Morgan fingerprint density at radius 1 is 0.765 bits per heavy atom. The highest BCUT2D eigenvalue weighted by molar-refractivity contribution is 9.10. The molecule has 0 aliphatic heterocycles. The molecule has 0 aromatic heterocycles. The molecule has 0 fully saturated rings. The van der Waals surface area contributed by atoms with Crippen LogP contribution in [0.3, 0.4) is 0 Å². The highest BCUT2D eigenvalue weighted by Gasteiger charge is 2.11. The van der Waals surface area contributed by atoms with Gasteiger partial charge >= 0.3 is 0 Å². The summed E-state index contributed by atoms with van der Waals surface area (Å²) in [4.78, 5) is 0. The maximum Gasteiger partial charge on any atom is 0.0784 e. The molecule has 0 atom stereocenters. The van der Waals surface area contributed by atoms with Crippen LogP contribution in [-0.4, -0.2) is 0 Å². The van der Waals surface area contributed by atoms with E-state index in [1.165, 1.54) is 0 Å². The van der Waals surface area contributed by atoms with Gasteiger partial charge in [-0.1, -0.05) is 58.5 Å². The topological polar surface area (TPSA) is 0 Å². The van der Waals surface area contributed by atoms with E-state index < -0.39 is 0 Å². The Morgan fingerprint density at radius 2 is 1.47 bits per heavy atom. The first-order valence-corrected chi connectivity index (χ1v) is 6.90. The Bertz CT molecular complexity index is 581. The van der Waals surface area contributed by atoms with E-state index in [9.17, 15) is 0 Å². The van der Waals surface area contributed by atoms with Gasteiger partial charge in [-0.15, -0.1) is 0 Å². The predicted octanol–water partition coefficient (Wildman–Crippen LogP) is 6.73. The second-order valence-electron chi connectivity index (χ2n) is 3.35. The minimum atomic E-state index is 0.352. The zero-order chi connectivity index (χ0) is 12.6. The zero-order valence-electron chi connectivity index (χ0n) is 8.28. The van der Waals surface area contributed by atoms with Gasteiger partial charge in [-0.25, -0.2) is 0 Å². The highest BCUT2D eigenvalue weighted by Crippen LogP contribution is 2.39. The number of benzene rings is 2. The van der Waals surface area contributed by atoms with Gasteiger partial charge < -0.3 is 0 Å². The molecule has 0 nitrogen and oxygen atoms in total. The van der Waals surface area contributed by atoms with Crippen molar-refractivity contribution in [3.8, 4) is 11.1 Å². The third-order valence-corrected chi connectivity index (χ3v) is 4.79. The first-order valence-electron chi connectivity index (χ1n) is 4.59. The van der Waals surface area contributed by atoms with Crippen molar-refractivity contribution in [2.24, 2.45) is 0 Å². The summed E-state index contributed by atoms with van der Waals surface area (Å²) in [6.45, 7) is 0. The Balaban J connectivity index is 2.61. The van der Waals surface area contributed by atoms with Crippen molar-refractivity contribution in [2.45, 2.75) is 0 Å². The summed E-state index contributed by atoms with van der Waals surface area (Å²) < 4.78 is 0.832. The van der Waals surface area contributed by atoms with Gasteiger partial charge in [0, 0.05) is 10.0 Å². The summed E-state index contributed by atoms with van der Waals surface area (Å²) in [5.41, 5.74) is 1.69. The number of rotatable bonds is 1. The van der Waals surface area contributed by atoms with Crippen LogP contribution in [0.1, 0.15) is 0 Å². The standard InChI is InChI=1S/C12H5BrCl4/c13-8-3-1-6(5-10(8)15)7-2-4-9(14)12(17)11(7)16/h1-5H. The van der Waals surface area contributed by atoms with Crippen LogP contribution in [0.5, 0.6) is 0 Å². The molecule has 0 spiro atoms. The van der Waals surface area contributed by atoms with Crippen molar-refractivity contribution in [1.29, 1.82) is 0 Å². The molecule has 88 valence electrons. The second kappa shape index (κ2) is 5.38. The monoisotopic (exact) mass is 368 g/mol. The smallest absolute Gasteiger partial charge is 0.0784 e. The van der Waals surface area contributed by atoms with Crippen LogP contribution in [0.4, 0.5) is 0 Å². The lowest BCUT2D eigenvalue weighted by atomic mass is 10.1. The van der Waals surface area contributed by atoms with Crippen molar-refractivity contribution >= 4 is 62.3 Å². The van der Waals surface area contributed by atoms with Crippen LogP contribution in [-0.2, 0) is 0 Å². The molecule has 0 aliphatic carbocycles. The quantitative estimate of drug-likeness (QED) is 0.488. The average Bonchev–Trinajstić information content (AvgIpc) is 2.30. The summed E-state index contributed by atoms with van der Waals surface area (Å²) in [6.07, 6.45) is 0. The highest BCUT2D eigenvalue weighted by atomic mass is 79.9. The lowest BCUT2D eigenvalue weighted by Gasteiger charge is -2.08. The molecule has 0 unspecified atom stereocenters. The predicted molar refractivity (Wildman–Crippen MR) is 79.6 cm³/mol. The van der Waals surface area contributed by atoms with E-state index in [0.717, 1.165) is 15.6 Å². The van der Waals surface area contributed by atoms with Gasteiger partial charge in [-0.05, 0) is 39.7 Å². The first-order chi connectivity index (χ1) is 8.00. The molecule has 0 aliphatic rings. The largest absolute Gasteiger partial charge is 0.0831 e. The maximum absolute atomic E-state index is 6.15. The second-order valence-corrected chi connectivity index (χ2v) is 5.78. The molecule has 0 N–H and O–H groups in total. The number of halogens is 5. The van der Waals surface area contributed by atoms with Gasteiger partial charge in [0.1, 0.15) is 0 Å². The summed E-state index contributed by atoms with van der Waals surface area (Å²) in [5, 5.41) is 1.83. The van der Waals surface area contributed by atoms with Gasteiger partial charge in [0.25, 0.3) is 0 Å². The fourth-order valence-electron chi connectivity index (χ4n) is 1.41. The molecule has 0 saturated heterocycles. The van der Waals surface area contributed by atoms with E-state index in [-0.39, 0.29) is 0 Å². The van der Waals surface area contributed by atoms with E-state index in [4.69, 9.17) is 46.4 Å². The van der Waals surface area contributed by atoms with Gasteiger partial charge in [-0.3, -0.25) is 0 Å². The molecule has 2 aromatic rings. The van der Waals surface area contributed by atoms with Gasteiger partial charge in [0.05, 0.1) is 20.1 Å². The van der Waals surface area contributed by atoms with E-state index in [0.29, 0.717) is 20.1 Å². The third kappa shape index (κ3) is 2.74. The Labute approximate surface area is 128 Å².